The summed E-state index contributed by atoms with van der Waals surface area (Å²) < 4.78 is 31.8. The molecule has 0 aliphatic rings. The first-order valence-electron chi connectivity index (χ1n) is 7.51. The van der Waals surface area contributed by atoms with E-state index in [-0.39, 0.29) is 23.6 Å². The molecular weight excluding hydrogens is 318 g/mol. The largest absolute Gasteiger partial charge is 0.383 e. The molecule has 0 saturated carbocycles. The molecule has 0 spiro atoms. The fourth-order valence-electron chi connectivity index (χ4n) is 2.05. The highest BCUT2D eigenvalue weighted by Crippen LogP contribution is 2.15. The minimum atomic E-state index is -3.61. The summed E-state index contributed by atoms with van der Waals surface area (Å²) in [6.45, 7) is 7.01. The van der Waals surface area contributed by atoms with E-state index in [4.69, 9.17) is 4.74 Å². The molecule has 1 atom stereocenters. The van der Waals surface area contributed by atoms with Crippen molar-refractivity contribution in [2.75, 3.05) is 32.1 Å². The minimum Gasteiger partial charge on any atom is -0.383 e. The van der Waals surface area contributed by atoms with Crippen LogP contribution in [0.4, 0.5) is 10.5 Å². The molecule has 0 aromatic heterocycles. The molecule has 2 N–H and O–H groups in total. The Morgan fingerprint density at radius 1 is 1.22 bits per heavy atom. The van der Waals surface area contributed by atoms with Crippen LogP contribution in [0.1, 0.15) is 20.8 Å². The average molecular weight is 343 g/mol. The van der Waals surface area contributed by atoms with Gasteiger partial charge in [0.2, 0.25) is 10.0 Å². The number of urea groups is 1. The van der Waals surface area contributed by atoms with E-state index in [1.165, 1.54) is 19.2 Å². The maximum absolute atomic E-state index is 12.2. The average Bonchev–Trinajstić information content (AvgIpc) is 2.48. The van der Waals surface area contributed by atoms with Gasteiger partial charge in [0.15, 0.2) is 0 Å². The van der Waals surface area contributed by atoms with Crippen molar-refractivity contribution in [3.63, 3.8) is 0 Å². The van der Waals surface area contributed by atoms with Gasteiger partial charge in [-0.2, -0.15) is 0 Å². The van der Waals surface area contributed by atoms with Gasteiger partial charge in [0.05, 0.1) is 11.5 Å². The number of carbonyl (C=O) groups is 1. The van der Waals surface area contributed by atoms with Crippen LogP contribution in [0.5, 0.6) is 0 Å². The van der Waals surface area contributed by atoms with Gasteiger partial charge < -0.3 is 15.0 Å². The maximum Gasteiger partial charge on any atom is 0.321 e. The summed E-state index contributed by atoms with van der Waals surface area (Å²) in [5, 5.41) is 2.74. The third-order valence-corrected chi connectivity index (χ3v) is 4.84. The number of sulfonamides is 1. The number of methoxy groups -OCH3 is 1. The number of benzene rings is 1. The zero-order valence-corrected chi connectivity index (χ0v) is 14.8. The van der Waals surface area contributed by atoms with Crippen LogP contribution in [0.3, 0.4) is 0 Å². The topological polar surface area (TPSA) is 87.7 Å². The van der Waals surface area contributed by atoms with Gasteiger partial charge in [-0.1, -0.05) is 0 Å². The SMILES string of the molecule is CCN(CC)C(=O)Nc1ccc(S(=O)(=O)N[C@H](C)COC)cc1. The van der Waals surface area contributed by atoms with Gasteiger partial charge in [0, 0.05) is 31.9 Å². The summed E-state index contributed by atoms with van der Waals surface area (Å²) in [5.74, 6) is 0. The molecule has 0 bridgehead atoms. The van der Waals surface area contributed by atoms with Crippen molar-refractivity contribution in [2.45, 2.75) is 31.7 Å². The fourth-order valence-corrected chi connectivity index (χ4v) is 3.28. The molecule has 1 aromatic carbocycles. The molecule has 1 rings (SSSR count). The Labute approximate surface area is 138 Å². The molecule has 7 nitrogen and oxygen atoms in total. The van der Waals surface area contributed by atoms with Crippen LogP contribution < -0.4 is 10.0 Å². The fraction of sp³-hybridized carbons (Fsp3) is 0.533. The van der Waals surface area contributed by atoms with Gasteiger partial charge in [0.25, 0.3) is 0 Å². The number of nitrogens with zero attached hydrogens (tertiary/aromatic N) is 1. The van der Waals surface area contributed by atoms with Gasteiger partial charge in [-0.25, -0.2) is 17.9 Å². The number of anilines is 1. The van der Waals surface area contributed by atoms with E-state index >= 15 is 0 Å². The zero-order chi connectivity index (χ0) is 17.5. The Morgan fingerprint density at radius 2 is 1.78 bits per heavy atom. The van der Waals surface area contributed by atoms with Crippen molar-refractivity contribution in [1.29, 1.82) is 0 Å². The van der Waals surface area contributed by atoms with Gasteiger partial charge in [-0.3, -0.25) is 0 Å². The summed E-state index contributed by atoms with van der Waals surface area (Å²) in [5.41, 5.74) is 0.547. The molecule has 1 aromatic rings. The lowest BCUT2D eigenvalue weighted by Gasteiger charge is -2.19. The lowest BCUT2D eigenvalue weighted by Crippen LogP contribution is -2.35. The Bertz CT molecular complexity index is 598. The lowest BCUT2D eigenvalue weighted by atomic mass is 10.3. The predicted octanol–water partition coefficient (Wildman–Crippen LogP) is 1.87. The van der Waals surface area contributed by atoms with E-state index < -0.39 is 10.0 Å². The highest BCUT2D eigenvalue weighted by molar-refractivity contribution is 7.89. The van der Waals surface area contributed by atoms with Crippen molar-refractivity contribution in [1.82, 2.24) is 9.62 Å². The van der Waals surface area contributed by atoms with E-state index in [0.29, 0.717) is 18.8 Å². The number of carbonyl (C=O) groups excluding carboxylic acids is 1. The summed E-state index contributed by atoms with van der Waals surface area (Å²) in [4.78, 5) is 13.7. The zero-order valence-electron chi connectivity index (χ0n) is 14.0. The van der Waals surface area contributed by atoms with Gasteiger partial charge in [-0.05, 0) is 45.0 Å². The number of hydrogen-bond donors (Lipinski definition) is 2. The number of ether oxygens (including phenoxy) is 1. The van der Waals surface area contributed by atoms with E-state index in [2.05, 4.69) is 10.0 Å². The second-order valence-electron chi connectivity index (χ2n) is 5.10. The third kappa shape index (κ3) is 5.81. The summed E-state index contributed by atoms with van der Waals surface area (Å²) in [6.07, 6.45) is 0. The van der Waals surface area contributed by atoms with Gasteiger partial charge in [0.1, 0.15) is 0 Å². The van der Waals surface area contributed by atoms with Crippen LogP contribution in [-0.2, 0) is 14.8 Å². The van der Waals surface area contributed by atoms with Crippen molar-refractivity contribution in [3.8, 4) is 0 Å². The first-order chi connectivity index (χ1) is 10.8. The lowest BCUT2D eigenvalue weighted by molar-refractivity contribution is 0.180. The van der Waals surface area contributed by atoms with Crippen LogP contribution >= 0.6 is 0 Å². The molecule has 0 aliphatic carbocycles. The number of rotatable bonds is 8. The summed E-state index contributed by atoms with van der Waals surface area (Å²) in [6, 6.07) is 5.51. The van der Waals surface area contributed by atoms with Crippen LogP contribution in [0.2, 0.25) is 0 Å². The number of nitrogens with one attached hydrogen (secondary N) is 2. The maximum atomic E-state index is 12.2. The number of hydrogen-bond acceptors (Lipinski definition) is 4. The van der Waals surface area contributed by atoms with E-state index in [9.17, 15) is 13.2 Å². The molecular formula is C15H25N3O4S. The molecule has 0 heterocycles. The third-order valence-electron chi connectivity index (χ3n) is 3.24. The minimum absolute atomic E-state index is 0.140. The molecule has 0 aliphatic heterocycles. The van der Waals surface area contributed by atoms with E-state index in [1.807, 2.05) is 13.8 Å². The monoisotopic (exact) mass is 343 g/mol. The Hall–Kier alpha value is -1.64. The van der Waals surface area contributed by atoms with Crippen LogP contribution in [-0.4, -0.2) is 52.2 Å². The van der Waals surface area contributed by atoms with Crippen LogP contribution in [0.15, 0.2) is 29.2 Å². The molecule has 0 unspecified atom stereocenters. The first-order valence-corrected chi connectivity index (χ1v) is 8.99. The summed E-state index contributed by atoms with van der Waals surface area (Å²) in [7, 11) is -2.09. The molecule has 2 amide bonds. The standard InChI is InChI=1S/C15H25N3O4S/c1-5-18(6-2)15(19)16-13-7-9-14(10-8-13)23(20,21)17-12(3)11-22-4/h7-10,12,17H,5-6,11H2,1-4H3,(H,16,19)/t12-/m1/s1. The second-order valence-corrected chi connectivity index (χ2v) is 6.82. The quantitative estimate of drug-likeness (QED) is 0.754. The molecule has 0 radical (unpaired) electrons. The normalized spacial score (nSPS) is 12.7. The van der Waals surface area contributed by atoms with Gasteiger partial charge in [-0.15, -0.1) is 0 Å². The number of amides is 2. The highest BCUT2D eigenvalue weighted by atomic mass is 32.2. The van der Waals surface area contributed by atoms with E-state index in [1.54, 1.807) is 24.0 Å². The second kappa shape index (κ2) is 8.85. The molecule has 8 heteroatoms. The first kappa shape index (κ1) is 19.4. The highest BCUT2D eigenvalue weighted by Gasteiger charge is 2.17. The molecule has 130 valence electrons. The Morgan fingerprint density at radius 3 is 2.26 bits per heavy atom. The summed E-state index contributed by atoms with van der Waals surface area (Å²) >= 11 is 0. The molecule has 0 saturated heterocycles. The molecule has 23 heavy (non-hydrogen) atoms. The van der Waals surface area contributed by atoms with E-state index in [0.717, 1.165) is 0 Å². The van der Waals surface area contributed by atoms with Crippen molar-refractivity contribution >= 4 is 21.7 Å². The van der Waals surface area contributed by atoms with Crippen molar-refractivity contribution in [3.05, 3.63) is 24.3 Å². The van der Waals surface area contributed by atoms with Crippen molar-refractivity contribution < 1.29 is 17.9 Å². The Balaban J connectivity index is 2.78. The van der Waals surface area contributed by atoms with Gasteiger partial charge >= 0.3 is 6.03 Å². The predicted molar refractivity (Wildman–Crippen MR) is 90.0 cm³/mol. The molecule has 0 fully saturated rings. The Kier molecular flexibility index (Phi) is 7.47. The van der Waals surface area contributed by atoms with Crippen LogP contribution in [0.25, 0.3) is 0 Å². The van der Waals surface area contributed by atoms with Crippen molar-refractivity contribution in [2.24, 2.45) is 0 Å². The van der Waals surface area contributed by atoms with Crippen LogP contribution in [0, 0.1) is 0 Å². The smallest absolute Gasteiger partial charge is 0.321 e.